The van der Waals surface area contributed by atoms with E-state index in [1.165, 1.54) is 10.8 Å². The van der Waals surface area contributed by atoms with Crippen LogP contribution >= 0.6 is 0 Å². The van der Waals surface area contributed by atoms with Crippen molar-refractivity contribution in [1.29, 1.82) is 0 Å². The van der Waals surface area contributed by atoms with E-state index in [9.17, 15) is 4.79 Å². The average Bonchev–Trinajstić information content (AvgIpc) is 3.02. The maximum Gasteiger partial charge on any atom is 0.181 e. The van der Waals surface area contributed by atoms with E-state index in [-0.39, 0.29) is 23.7 Å². The molecule has 0 N–H and O–H groups in total. The number of nitrogens with zero attached hydrogens (tertiary/aromatic N) is 2. The summed E-state index contributed by atoms with van der Waals surface area (Å²) < 4.78 is 5.35. The van der Waals surface area contributed by atoms with Crippen LogP contribution in [0.25, 0.3) is 5.57 Å². The van der Waals surface area contributed by atoms with Crippen LogP contribution in [0.4, 0.5) is 0 Å². The number of aliphatic imine (C=N–C) groups is 1. The average molecular weight is 362 g/mol. The third-order valence-electron chi connectivity index (χ3n) is 5.82. The van der Waals surface area contributed by atoms with Crippen LogP contribution in [-0.4, -0.2) is 31.2 Å². The number of ketones is 1. The van der Waals surface area contributed by atoms with Gasteiger partial charge in [-0.15, -0.1) is 0 Å². The van der Waals surface area contributed by atoms with Gasteiger partial charge in [0.15, 0.2) is 5.78 Å². The topological polar surface area (TPSA) is 51.0 Å². The van der Waals surface area contributed by atoms with Gasteiger partial charge in [0.1, 0.15) is 11.8 Å². The number of hydrogen-bond acceptors (Lipinski definition) is 4. The molecule has 27 heavy (non-hydrogen) atoms. The fourth-order valence-electron chi connectivity index (χ4n) is 4.26. The third kappa shape index (κ3) is 3.18. The summed E-state index contributed by atoms with van der Waals surface area (Å²) in [7, 11) is 1.68. The van der Waals surface area contributed by atoms with Crippen molar-refractivity contribution in [3.63, 3.8) is 0 Å². The molecule has 0 bridgehead atoms. The van der Waals surface area contributed by atoms with E-state index in [1.807, 2.05) is 12.1 Å². The minimum absolute atomic E-state index is 0.0437. The van der Waals surface area contributed by atoms with Crippen molar-refractivity contribution in [2.45, 2.75) is 39.7 Å². The molecule has 0 saturated carbocycles. The highest BCUT2D eigenvalue weighted by Gasteiger charge is 2.31. The minimum atomic E-state index is 0.0437. The quantitative estimate of drug-likeness (QED) is 0.827. The maximum atomic E-state index is 12.3. The molecule has 0 spiro atoms. The van der Waals surface area contributed by atoms with E-state index >= 15 is 0 Å². The molecule has 140 valence electrons. The summed E-state index contributed by atoms with van der Waals surface area (Å²) >= 11 is 0. The van der Waals surface area contributed by atoms with Gasteiger partial charge in [-0.2, -0.15) is 0 Å². The van der Waals surface area contributed by atoms with Crippen LogP contribution in [-0.2, 0) is 4.79 Å². The first-order valence-electron chi connectivity index (χ1n) is 9.70. The van der Waals surface area contributed by atoms with Crippen LogP contribution in [0.15, 0.2) is 51.5 Å². The van der Waals surface area contributed by atoms with Crippen molar-refractivity contribution in [1.82, 2.24) is 0 Å². The lowest BCUT2D eigenvalue weighted by Crippen LogP contribution is -2.29. The van der Waals surface area contributed by atoms with Gasteiger partial charge in [0.25, 0.3) is 0 Å². The predicted molar refractivity (Wildman–Crippen MR) is 108 cm³/mol. The standard InChI is InChI=1S/C23H26N2O2/c1-13(2)19-10-15(14(3)9-22(19)26)11-21-23-18(7-8-24-21)17-6-5-16(27-4)12-20(17)25-23/h5-6,9-10,12-13,15,23H,7-8,11H2,1-4H3. The van der Waals surface area contributed by atoms with E-state index in [1.54, 1.807) is 13.2 Å². The normalized spacial score (nSPS) is 24.0. The molecule has 0 radical (unpaired) electrons. The number of benzene rings is 1. The van der Waals surface area contributed by atoms with E-state index < -0.39 is 0 Å². The summed E-state index contributed by atoms with van der Waals surface area (Å²) in [5, 5.41) is 2.24. The number of carbonyl (C=O) groups is 1. The van der Waals surface area contributed by atoms with Gasteiger partial charge in [-0.1, -0.05) is 25.5 Å². The largest absolute Gasteiger partial charge is 0.497 e. The fraction of sp³-hybridized carbons (Fsp3) is 0.435. The highest BCUT2D eigenvalue weighted by Crippen LogP contribution is 2.31. The lowest BCUT2D eigenvalue weighted by molar-refractivity contribution is -0.112. The van der Waals surface area contributed by atoms with Gasteiger partial charge in [0.05, 0.1) is 12.5 Å². The number of fused-ring (bicyclic) bond motifs is 2. The summed E-state index contributed by atoms with van der Waals surface area (Å²) in [6, 6.07) is 6.19. The smallest absolute Gasteiger partial charge is 0.181 e. The second-order valence-electron chi connectivity index (χ2n) is 7.90. The first kappa shape index (κ1) is 17.9. The zero-order valence-corrected chi connectivity index (χ0v) is 16.5. The summed E-state index contributed by atoms with van der Waals surface area (Å²) in [6.07, 6.45) is 5.75. The van der Waals surface area contributed by atoms with Crippen LogP contribution in [0.2, 0.25) is 0 Å². The van der Waals surface area contributed by atoms with Crippen LogP contribution in [0.5, 0.6) is 5.75 Å². The third-order valence-corrected chi connectivity index (χ3v) is 5.82. The fourth-order valence-corrected chi connectivity index (χ4v) is 4.26. The van der Waals surface area contributed by atoms with Crippen molar-refractivity contribution in [3.05, 3.63) is 52.1 Å². The minimum Gasteiger partial charge on any atom is -0.497 e. The van der Waals surface area contributed by atoms with Crippen LogP contribution in [0, 0.1) is 11.8 Å². The van der Waals surface area contributed by atoms with E-state index in [2.05, 4.69) is 32.9 Å². The van der Waals surface area contributed by atoms with Gasteiger partial charge in [-0.05, 0) is 55.0 Å². The Morgan fingerprint density at radius 1 is 1.30 bits per heavy atom. The van der Waals surface area contributed by atoms with E-state index in [0.29, 0.717) is 0 Å². The Hall–Kier alpha value is -2.49. The molecule has 1 aromatic rings. The first-order chi connectivity index (χ1) is 13.0. The highest BCUT2D eigenvalue weighted by molar-refractivity contribution is 6.06. The molecule has 4 rings (SSSR count). The second-order valence-corrected chi connectivity index (χ2v) is 7.90. The number of methoxy groups -OCH3 is 1. The Morgan fingerprint density at radius 3 is 2.85 bits per heavy atom. The summed E-state index contributed by atoms with van der Waals surface area (Å²) in [5.41, 5.74) is 4.55. The monoisotopic (exact) mass is 362 g/mol. The van der Waals surface area contributed by atoms with Gasteiger partial charge >= 0.3 is 0 Å². The van der Waals surface area contributed by atoms with Gasteiger partial charge < -0.3 is 4.74 Å². The van der Waals surface area contributed by atoms with E-state index in [0.717, 1.165) is 47.4 Å². The molecule has 2 unspecified atom stereocenters. The SMILES string of the molecule is COc1ccc2c(c1)=NC1C(CC3C=C(C(C)C)C(=O)C=C3C)=NCCC=21. The Labute approximate surface area is 160 Å². The number of rotatable bonds is 4. The molecular weight excluding hydrogens is 336 g/mol. The van der Waals surface area contributed by atoms with Crippen molar-refractivity contribution >= 4 is 17.1 Å². The second kappa shape index (κ2) is 6.91. The molecule has 2 atom stereocenters. The van der Waals surface area contributed by atoms with Gasteiger partial charge in [0, 0.05) is 29.5 Å². The van der Waals surface area contributed by atoms with Crippen LogP contribution in [0.3, 0.4) is 0 Å². The van der Waals surface area contributed by atoms with Gasteiger partial charge in [0.2, 0.25) is 0 Å². The Balaban J connectivity index is 1.66. The molecule has 0 fully saturated rings. The molecule has 2 heterocycles. The van der Waals surface area contributed by atoms with E-state index in [4.69, 9.17) is 14.7 Å². The predicted octanol–water partition coefficient (Wildman–Crippen LogP) is 2.81. The molecule has 0 amide bonds. The Kier molecular flexibility index (Phi) is 4.58. The van der Waals surface area contributed by atoms with Crippen LogP contribution in [0.1, 0.15) is 33.6 Å². The molecule has 1 aromatic carbocycles. The molecule has 4 heteroatoms. The first-order valence-corrected chi connectivity index (χ1v) is 9.70. The Morgan fingerprint density at radius 2 is 2.11 bits per heavy atom. The molecular formula is C23H26N2O2. The molecule has 3 aliphatic rings. The molecule has 0 aromatic heterocycles. The van der Waals surface area contributed by atoms with Gasteiger partial charge in [-0.3, -0.25) is 14.8 Å². The van der Waals surface area contributed by atoms with Crippen molar-refractivity contribution < 1.29 is 9.53 Å². The number of carbonyl (C=O) groups excluding carboxylic acids is 1. The maximum absolute atomic E-state index is 12.3. The number of hydrogen-bond donors (Lipinski definition) is 0. The lowest BCUT2D eigenvalue weighted by Gasteiger charge is -2.26. The molecule has 0 saturated heterocycles. The zero-order chi connectivity index (χ0) is 19.1. The van der Waals surface area contributed by atoms with Crippen molar-refractivity contribution in [2.75, 3.05) is 13.7 Å². The summed E-state index contributed by atoms with van der Waals surface area (Å²) in [6.45, 7) is 7.03. The zero-order valence-electron chi connectivity index (χ0n) is 16.5. The highest BCUT2D eigenvalue weighted by atomic mass is 16.5. The molecule has 4 nitrogen and oxygen atoms in total. The van der Waals surface area contributed by atoms with Crippen LogP contribution < -0.4 is 15.3 Å². The molecule has 1 aliphatic carbocycles. The lowest BCUT2D eigenvalue weighted by atomic mass is 9.80. The summed E-state index contributed by atoms with van der Waals surface area (Å²) in [4.78, 5) is 22.1. The number of allylic oxidation sites excluding steroid dienone is 4. The number of ether oxygens (including phenoxy) is 1. The summed E-state index contributed by atoms with van der Waals surface area (Å²) in [5.74, 6) is 1.46. The molecule has 2 aliphatic heterocycles. The Bertz CT molecular complexity index is 1010. The van der Waals surface area contributed by atoms with Gasteiger partial charge in [-0.25, -0.2) is 0 Å². The van der Waals surface area contributed by atoms with Crippen molar-refractivity contribution in [2.24, 2.45) is 21.8 Å². The van der Waals surface area contributed by atoms with Crippen molar-refractivity contribution in [3.8, 4) is 5.75 Å².